The summed E-state index contributed by atoms with van der Waals surface area (Å²) in [6.07, 6.45) is 0. The van der Waals surface area contributed by atoms with Crippen molar-refractivity contribution in [1.82, 2.24) is 5.32 Å². The highest BCUT2D eigenvalue weighted by atomic mass is 79.9. The first-order valence-corrected chi connectivity index (χ1v) is 6.82. The highest BCUT2D eigenvalue weighted by Gasteiger charge is 2.35. The summed E-state index contributed by atoms with van der Waals surface area (Å²) in [5, 5.41) is 12.0. The van der Waals surface area contributed by atoms with Crippen LogP contribution in [-0.2, 0) is 19.9 Å². The molecule has 0 aromatic heterocycles. The molecule has 6 heteroatoms. The Hall–Kier alpha value is -0.950. The Morgan fingerprint density at radius 3 is 2.89 bits per heavy atom. The number of aliphatic carboxylic acids is 1. The Kier molecular flexibility index (Phi) is 4.93. The van der Waals surface area contributed by atoms with Gasteiger partial charge in [0.1, 0.15) is 12.2 Å². The van der Waals surface area contributed by atoms with Crippen LogP contribution in [0.4, 0.5) is 0 Å². The summed E-state index contributed by atoms with van der Waals surface area (Å²) in [6, 6.07) is 7.66. The van der Waals surface area contributed by atoms with Crippen LogP contribution in [0.3, 0.4) is 0 Å². The van der Waals surface area contributed by atoms with Gasteiger partial charge >= 0.3 is 5.97 Å². The van der Waals surface area contributed by atoms with E-state index in [0.29, 0.717) is 19.8 Å². The molecule has 1 aliphatic heterocycles. The second-order valence-electron chi connectivity index (χ2n) is 4.41. The quantitative estimate of drug-likeness (QED) is 0.873. The summed E-state index contributed by atoms with van der Waals surface area (Å²) < 4.78 is 12.1. The lowest BCUT2D eigenvalue weighted by Gasteiger charge is -2.32. The number of hydrogen-bond donors (Lipinski definition) is 2. The summed E-state index contributed by atoms with van der Waals surface area (Å²) in [5.41, 5.74) is 0.154. The minimum atomic E-state index is -0.985. The van der Waals surface area contributed by atoms with Gasteiger partial charge in [-0.25, -0.2) is 4.79 Å². The number of hydrogen-bond acceptors (Lipinski definition) is 4. The maximum absolute atomic E-state index is 10.8. The van der Waals surface area contributed by atoms with Gasteiger partial charge in [0, 0.05) is 17.6 Å². The fraction of sp³-hybridized carbons (Fsp3) is 0.462. The highest BCUT2D eigenvalue weighted by Crippen LogP contribution is 2.28. The van der Waals surface area contributed by atoms with Gasteiger partial charge in [0.05, 0.1) is 13.2 Å². The van der Waals surface area contributed by atoms with E-state index in [1.807, 2.05) is 24.3 Å². The SMILES string of the molecule is O=C(O)COC1(c2ccc(Br)cc2)CNCCOC1. The normalized spacial score (nSPS) is 23.8. The van der Waals surface area contributed by atoms with Crippen LogP contribution in [-0.4, -0.2) is 44.0 Å². The molecule has 1 saturated heterocycles. The Morgan fingerprint density at radius 2 is 2.21 bits per heavy atom. The lowest BCUT2D eigenvalue weighted by molar-refractivity contribution is -0.154. The van der Waals surface area contributed by atoms with Crippen LogP contribution in [0.5, 0.6) is 0 Å². The van der Waals surface area contributed by atoms with Crippen molar-refractivity contribution in [2.75, 3.05) is 32.9 Å². The van der Waals surface area contributed by atoms with E-state index >= 15 is 0 Å². The number of benzene rings is 1. The van der Waals surface area contributed by atoms with E-state index in [4.69, 9.17) is 14.6 Å². The standard InChI is InChI=1S/C13H16BrNO4/c14-11-3-1-10(2-4-11)13(19-7-12(16)17)8-15-5-6-18-9-13/h1-4,15H,5-9H2,(H,16,17). The van der Waals surface area contributed by atoms with E-state index in [1.54, 1.807) is 0 Å². The van der Waals surface area contributed by atoms with Crippen LogP contribution in [0.25, 0.3) is 0 Å². The molecule has 0 bridgehead atoms. The van der Waals surface area contributed by atoms with Crippen molar-refractivity contribution in [2.45, 2.75) is 5.60 Å². The number of ether oxygens (including phenoxy) is 2. The second-order valence-corrected chi connectivity index (χ2v) is 5.33. The molecule has 0 spiro atoms. The van der Waals surface area contributed by atoms with E-state index < -0.39 is 11.6 Å². The molecular weight excluding hydrogens is 314 g/mol. The van der Waals surface area contributed by atoms with Gasteiger partial charge in [0.15, 0.2) is 0 Å². The molecule has 1 unspecified atom stereocenters. The molecule has 2 N–H and O–H groups in total. The summed E-state index contributed by atoms with van der Waals surface area (Å²) in [6.45, 7) is 1.85. The molecule has 1 aliphatic rings. The number of nitrogens with one attached hydrogen (secondary N) is 1. The summed E-state index contributed by atoms with van der Waals surface area (Å²) in [5.74, 6) is -0.985. The molecule has 0 saturated carbocycles. The zero-order valence-corrected chi connectivity index (χ0v) is 12.0. The summed E-state index contributed by atoms with van der Waals surface area (Å²) >= 11 is 3.38. The molecule has 0 amide bonds. The molecule has 1 fully saturated rings. The average Bonchev–Trinajstić information content (AvgIpc) is 2.64. The first-order chi connectivity index (χ1) is 9.12. The third kappa shape index (κ3) is 3.76. The molecule has 0 radical (unpaired) electrons. The van der Waals surface area contributed by atoms with Gasteiger partial charge in [0.25, 0.3) is 0 Å². The van der Waals surface area contributed by atoms with Gasteiger partial charge < -0.3 is 19.9 Å². The smallest absolute Gasteiger partial charge is 0.329 e. The lowest BCUT2D eigenvalue weighted by atomic mass is 9.94. The van der Waals surface area contributed by atoms with Crippen molar-refractivity contribution in [3.8, 4) is 0 Å². The van der Waals surface area contributed by atoms with Gasteiger partial charge in [-0.3, -0.25) is 0 Å². The molecule has 1 heterocycles. The van der Waals surface area contributed by atoms with Crippen LogP contribution in [0.1, 0.15) is 5.56 Å². The minimum Gasteiger partial charge on any atom is -0.480 e. The number of carboxylic acid groups (broad SMARTS) is 1. The maximum Gasteiger partial charge on any atom is 0.329 e. The Balaban J connectivity index is 2.25. The summed E-state index contributed by atoms with van der Waals surface area (Å²) in [4.78, 5) is 10.8. The molecular formula is C13H16BrNO4. The fourth-order valence-electron chi connectivity index (χ4n) is 2.04. The molecule has 1 atom stereocenters. The third-order valence-corrected chi connectivity index (χ3v) is 3.54. The van der Waals surface area contributed by atoms with Gasteiger partial charge in [-0.05, 0) is 17.7 Å². The van der Waals surface area contributed by atoms with Crippen LogP contribution < -0.4 is 5.32 Å². The zero-order chi connectivity index (χ0) is 13.7. The number of rotatable bonds is 4. The second kappa shape index (κ2) is 6.47. The van der Waals surface area contributed by atoms with Gasteiger partial charge in [-0.2, -0.15) is 0 Å². The Bertz CT molecular complexity index is 427. The predicted molar refractivity (Wildman–Crippen MR) is 73.1 cm³/mol. The van der Waals surface area contributed by atoms with Crippen molar-refractivity contribution < 1.29 is 19.4 Å². The van der Waals surface area contributed by atoms with Crippen molar-refractivity contribution in [1.29, 1.82) is 0 Å². The van der Waals surface area contributed by atoms with E-state index in [9.17, 15) is 4.79 Å². The van der Waals surface area contributed by atoms with E-state index in [0.717, 1.165) is 16.6 Å². The number of carboxylic acids is 1. The molecule has 1 aromatic rings. The third-order valence-electron chi connectivity index (χ3n) is 3.01. The molecule has 0 aliphatic carbocycles. The van der Waals surface area contributed by atoms with Gasteiger partial charge in [-0.1, -0.05) is 28.1 Å². The van der Waals surface area contributed by atoms with E-state index in [2.05, 4.69) is 21.2 Å². The summed E-state index contributed by atoms with van der Waals surface area (Å²) in [7, 11) is 0. The largest absolute Gasteiger partial charge is 0.480 e. The van der Waals surface area contributed by atoms with Crippen LogP contribution in [0.15, 0.2) is 28.7 Å². The highest BCUT2D eigenvalue weighted by molar-refractivity contribution is 9.10. The number of carbonyl (C=O) groups is 1. The first kappa shape index (κ1) is 14.5. The lowest BCUT2D eigenvalue weighted by Crippen LogP contribution is -2.43. The average molecular weight is 330 g/mol. The minimum absolute atomic E-state index is 0.342. The fourth-order valence-corrected chi connectivity index (χ4v) is 2.30. The maximum atomic E-state index is 10.8. The van der Waals surface area contributed by atoms with E-state index in [-0.39, 0.29) is 6.61 Å². The molecule has 19 heavy (non-hydrogen) atoms. The van der Waals surface area contributed by atoms with E-state index in [1.165, 1.54) is 0 Å². The van der Waals surface area contributed by atoms with Crippen molar-refractivity contribution in [3.63, 3.8) is 0 Å². The zero-order valence-electron chi connectivity index (χ0n) is 10.4. The first-order valence-electron chi connectivity index (χ1n) is 6.03. The monoisotopic (exact) mass is 329 g/mol. The topological polar surface area (TPSA) is 67.8 Å². The molecule has 1 aromatic carbocycles. The molecule has 104 valence electrons. The molecule has 2 rings (SSSR count). The number of halogens is 1. The van der Waals surface area contributed by atoms with Crippen molar-refractivity contribution in [3.05, 3.63) is 34.3 Å². The molecule has 5 nitrogen and oxygen atoms in total. The Morgan fingerprint density at radius 1 is 1.47 bits per heavy atom. The van der Waals surface area contributed by atoms with Crippen LogP contribution >= 0.6 is 15.9 Å². The van der Waals surface area contributed by atoms with Crippen LogP contribution in [0, 0.1) is 0 Å². The van der Waals surface area contributed by atoms with Crippen LogP contribution in [0.2, 0.25) is 0 Å². The van der Waals surface area contributed by atoms with Gasteiger partial charge in [0.2, 0.25) is 0 Å². The Labute approximate surface area is 120 Å². The van der Waals surface area contributed by atoms with Gasteiger partial charge in [-0.15, -0.1) is 0 Å². The van der Waals surface area contributed by atoms with Crippen molar-refractivity contribution in [2.24, 2.45) is 0 Å². The predicted octanol–water partition coefficient (Wildman–Crippen LogP) is 1.37. The van der Waals surface area contributed by atoms with Crippen molar-refractivity contribution >= 4 is 21.9 Å².